The lowest BCUT2D eigenvalue weighted by Crippen LogP contribution is -2.48. The summed E-state index contributed by atoms with van der Waals surface area (Å²) >= 11 is 0. The summed E-state index contributed by atoms with van der Waals surface area (Å²) in [7, 11) is -1.52. The molecule has 1 heterocycles. The molecule has 1 amide bonds. The zero-order valence-corrected chi connectivity index (χ0v) is 21.4. The van der Waals surface area contributed by atoms with Gasteiger partial charge in [-0.15, -0.1) is 0 Å². The first-order valence-corrected chi connectivity index (χ1v) is 13.2. The Kier molecular flexibility index (Phi) is 8.69. The van der Waals surface area contributed by atoms with Gasteiger partial charge in [-0.2, -0.15) is 0 Å². The summed E-state index contributed by atoms with van der Waals surface area (Å²) in [6, 6.07) is 22.5. The van der Waals surface area contributed by atoms with Crippen LogP contribution in [0, 0.1) is 5.82 Å². The van der Waals surface area contributed by atoms with Crippen molar-refractivity contribution in [3.63, 3.8) is 0 Å². The van der Waals surface area contributed by atoms with Gasteiger partial charge in [0.1, 0.15) is 5.82 Å². The van der Waals surface area contributed by atoms with Crippen molar-refractivity contribution < 1.29 is 13.4 Å². The highest BCUT2D eigenvalue weighted by atomic mass is 32.2. The molecule has 0 aromatic heterocycles. The van der Waals surface area contributed by atoms with E-state index in [-0.39, 0.29) is 18.3 Å². The van der Waals surface area contributed by atoms with Crippen molar-refractivity contribution >= 4 is 22.6 Å². The number of hydrogen-bond donors (Lipinski definition) is 0. The highest BCUT2D eigenvalue weighted by molar-refractivity contribution is 7.86. The van der Waals surface area contributed by atoms with Crippen LogP contribution in [0.1, 0.15) is 15.9 Å². The van der Waals surface area contributed by atoms with Crippen molar-refractivity contribution in [1.29, 1.82) is 0 Å². The number of benzene rings is 3. The average Bonchev–Trinajstić information content (AvgIpc) is 2.95. The van der Waals surface area contributed by atoms with Crippen LogP contribution < -0.4 is 4.31 Å². The van der Waals surface area contributed by atoms with E-state index < -0.39 is 11.0 Å². The van der Waals surface area contributed by atoms with Gasteiger partial charge in [0.25, 0.3) is 5.91 Å². The van der Waals surface area contributed by atoms with Gasteiger partial charge in [0, 0.05) is 37.4 Å². The Labute approximate surface area is 220 Å². The molecule has 1 saturated heterocycles. The molecule has 190 valence electrons. The monoisotopic (exact) mass is 515 g/mol. The van der Waals surface area contributed by atoms with E-state index in [0.29, 0.717) is 47.9 Å². The van der Waals surface area contributed by atoms with Gasteiger partial charge in [0.15, 0.2) is 11.0 Å². The van der Waals surface area contributed by atoms with E-state index >= 15 is 0 Å². The fourth-order valence-electron chi connectivity index (χ4n) is 4.25. The molecule has 0 aliphatic carbocycles. The molecule has 3 aromatic carbocycles. The third-order valence-electron chi connectivity index (χ3n) is 6.19. The molecule has 37 heavy (non-hydrogen) atoms. The standard InChI is InChI=1S/C30H30FN3O2S/c1-3-9-27(4-2)32-18-20-33(21-19-32)30(35)25-14-16-28(17-15-25)34(23-24-10-8-11-26(31)22-24)37(36)29-12-6-5-7-13-29/h3-17,22H,1-2,18-21,23H2/b27-9+. The molecule has 1 unspecified atom stereocenters. The molecule has 1 atom stereocenters. The average molecular weight is 516 g/mol. The highest BCUT2D eigenvalue weighted by Crippen LogP contribution is 2.25. The van der Waals surface area contributed by atoms with Crippen LogP contribution in [-0.2, 0) is 17.5 Å². The first kappa shape index (κ1) is 26.1. The molecule has 1 aliphatic heterocycles. The van der Waals surface area contributed by atoms with Crippen LogP contribution in [0.5, 0.6) is 0 Å². The zero-order valence-electron chi connectivity index (χ0n) is 20.6. The molecule has 0 bridgehead atoms. The van der Waals surface area contributed by atoms with Gasteiger partial charge in [-0.3, -0.25) is 9.10 Å². The summed E-state index contributed by atoms with van der Waals surface area (Å²) in [5, 5.41) is 0. The normalized spacial score (nSPS) is 14.7. The van der Waals surface area contributed by atoms with E-state index in [0.717, 1.165) is 5.70 Å². The molecule has 1 aliphatic rings. The van der Waals surface area contributed by atoms with Crippen LogP contribution in [-0.4, -0.2) is 46.1 Å². The highest BCUT2D eigenvalue weighted by Gasteiger charge is 2.23. The van der Waals surface area contributed by atoms with Crippen molar-refractivity contribution in [2.45, 2.75) is 11.4 Å². The van der Waals surface area contributed by atoms with Crippen LogP contribution in [0.25, 0.3) is 0 Å². The molecule has 7 heteroatoms. The van der Waals surface area contributed by atoms with E-state index in [2.05, 4.69) is 18.1 Å². The number of rotatable bonds is 9. The quantitative estimate of drug-likeness (QED) is 0.350. The Morgan fingerprint density at radius 3 is 2.22 bits per heavy atom. The zero-order chi connectivity index (χ0) is 26.2. The summed E-state index contributed by atoms with van der Waals surface area (Å²) in [5.74, 6) is -0.385. The maximum absolute atomic E-state index is 13.8. The maximum atomic E-state index is 13.8. The predicted octanol–water partition coefficient (Wildman–Crippen LogP) is 5.57. The summed E-state index contributed by atoms with van der Waals surface area (Å²) in [6.07, 6.45) is 5.45. The van der Waals surface area contributed by atoms with Gasteiger partial charge < -0.3 is 9.80 Å². The number of nitrogens with zero attached hydrogens (tertiary/aromatic N) is 3. The van der Waals surface area contributed by atoms with E-state index in [9.17, 15) is 13.4 Å². The van der Waals surface area contributed by atoms with E-state index in [1.54, 1.807) is 65.0 Å². The van der Waals surface area contributed by atoms with Crippen LogP contribution in [0.2, 0.25) is 0 Å². The number of carbonyl (C=O) groups excluding carboxylic acids is 1. The number of carbonyl (C=O) groups is 1. The van der Waals surface area contributed by atoms with Crippen molar-refractivity contribution in [1.82, 2.24) is 9.80 Å². The molecule has 0 spiro atoms. The fraction of sp³-hybridized carbons (Fsp3) is 0.167. The second-order valence-electron chi connectivity index (χ2n) is 8.59. The molecule has 3 aromatic rings. The third-order valence-corrected chi connectivity index (χ3v) is 7.61. The van der Waals surface area contributed by atoms with Crippen molar-refractivity contribution in [3.8, 4) is 0 Å². The third kappa shape index (κ3) is 6.43. The molecular weight excluding hydrogens is 485 g/mol. The van der Waals surface area contributed by atoms with Crippen LogP contribution in [0.15, 0.2) is 121 Å². The van der Waals surface area contributed by atoms with Crippen LogP contribution in [0.4, 0.5) is 10.1 Å². The second kappa shape index (κ2) is 12.3. The fourth-order valence-corrected chi connectivity index (χ4v) is 5.48. The van der Waals surface area contributed by atoms with Gasteiger partial charge in [-0.25, -0.2) is 8.60 Å². The smallest absolute Gasteiger partial charge is 0.253 e. The van der Waals surface area contributed by atoms with Crippen LogP contribution >= 0.6 is 0 Å². The van der Waals surface area contributed by atoms with Crippen molar-refractivity contribution in [3.05, 3.63) is 133 Å². The molecule has 1 fully saturated rings. The van der Waals surface area contributed by atoms with E-state index in [1.165, 1.54) is 12.1 Å². The summed E-state index contributed by atoms with van der Waals surface area (Å²) in [5.41, 5.74) is 2.94. The number of anilines is 1. The Bertz CT molecular complexity index is 1300. The molecule has 0 saturated carbocycles. The summed E-state index contributed by atoms with van der Waals surface area (Å²) in [4.78, 5) is 17.8. The first-order chi connectivity index (χ1) is 18.0. The second-order valence-corrected chi connectivity index (χ2v) is 10.00. The summed E-state index contributed by atoms with van der Waals surface area (Å²) < 4.78 is 29.0. The lowest BCUT2D eigenvalue weighted by atomic mass is 10.1. The van der Waals surface area contributed by atoms with Crippen molar-refractivity contribution in [2.75, 3.05) is 30.5 Å². The van der Waals surface area contributed by atoms with Crippen molar-refractivity contribution in [2.24, 2.45) is 0 Å². The molecule has 5 nitrogen and oxygen atoms in total. The Balaban J connectivity index is 1.51. The lowest BCUT2D eigenvalue weighted by molar-refractivity contribution is 0.0672. The number of piperazine rings is 1. The van der Waals surface area contributed by atoms with Gasteiger partial charge in [-0.1, -0.05) is 49.6 Å². The molecular formula is C30H30FN3O2S. The predicted molar refractivity (Wildman–Crippen MR) is 148 cm³/mol. The van der Waals surface area contributed by atoms with Gasteiger partial charge >= 0.3 is 0 Å². The number of halogens is 1. The molecule has 0 N–H and O–H groups in total. The van der Waals surface area contributed by atoms with E-state index in [4.69, 9.17) is 0 Å². The minimum absolute atomic E-state index is 0.0417. The Morgan fingerprint density at radius 2 is 1.59 bits per heavy atom. The van der Waals surface area contributed by atoms with Gasteiger partial charge in [0.05, 0.1) is 17.1 Å². The first-order valence-electron chi connectivity index (χ1n) is 12.1. The number of allylic oxidation sites excluding steroid dienone is 3. The summed E-state index contributed by atoms with van der Waals surface area (Å²) in [6.45, 7) is 10.5. The van der Waals surface area contributed by atoms with Crippen LogP contribution in [0.3, 0.4) is 0 Å². The number of hydrogen-bond acceptors (Lipinski definition) is 3. The SMILES string of the molecule is C=C/C=C(\C=C)N1CCN(C(=O)c2ccc(N(Cc3cccc(F)c3)S(=O)c3ccccc3)cc2)CC1. The molecule has 4 rings (SSSR count). The Hall–Kier alpha value is -3.97. The maximum Gasteiger partial charge on any atom is 0.253 e. The topological polar surface area (TPSA) is 43.9 Å². The molecule has 0 radical (unpaired) electrons. The van der Waals surface area contributed by atoms with Gasteiger partial charge in [-0.05, 0) is 66.2 Å². The van der Waals surface area contributed by atoms with E-state index in [1.807, 2.05) is 29.2 Å². The largest absolute Gasteiger partial charge is 0.368 e. The lowest BCUT2D eigenvalue weighted by Gasteiger charge is -2.36. The number of amides is 1. The minimum atomic E-state index is -1.52. The van der Waals surface area contributed by atoms with Gasteiger partial charge in [0.2, 0.25) is 0 Å². The Morgan fingerprint density at radius 1 is 0.919 bits per heavy atom. The minimum Gasteiger partial charge on any atom is -0.368 e.